The van der Waals surface area contributed by atoms with Gasteiger partial charge in [-0.15, -0.1) is 0 Å². The van der Waals surface area contributed by atoms with Crippen molar-refractivity contribution in [1.82, 2.24) is 9.88 Å². The maximum atomic E-state index is 12.3. The van der Waals surface area contributed by atoms with Crippen molar-refractivity contribution in [1.29, 1.82) is 0 Å². The lowest BCUT2D eigenvalue weighted by Gasteiger charge is -2.32. The lowest BCUT2D eigenvalue weighted by Crippen LogP contribution is -2.48. The first-order valence-corrected chi connectivity index (χ1v) is 6.05. The summed E-state index contributed by atoms with van der Waals surface area (Å²) in [6.45, 7) is 2.36. The third kappa shape index (κ3) is 2.50. The number of likely N-dealkylation sites (tertiary alicyclic amines) is 1. The SMILES string of the molecule is Cc1cncc(C(=O)N2CCCC[C@H]2C(=O)O)c1. The molecule has 0 saturated carbocycles. The van der Waals surface area contributed by atoms with E-state index in [4.69, 9.17) is 5.11 Å². The standard InChI is InChI=1S/C13H16N2O3/c1-9-6-10(8-14-7-9)12(16)15-5-3-2-4-11(15)13(17)18/h6-8,11H,2-5H2,1H3,(H,17,18)/t11-/m0/s1. The van der Waals surface area contributed by atoms with Crippen LogP contribution in [0.2, 0.25) is 0 Å². The van der Waals surface area contributed by atoms with Crippen LogP contribution in [0.5, 0.6) is 0 Å². The Kier molecular flexibility index (Phi) is 3.60. The van der Waals surface area contributed by atoms with E-state index in [0.717, 1.165) is 18.4 Å². The van der Waals surface area contributed by atoms with Gasteiger partial charge in [0.1, 0.15) is 6.04 Å². The minimum atomic E-state index is -0.927. The summed E-state index contributed by atoms with van der Waals surface area (Å²) in [4.78, 5) is 28.9. The Labute approximate surface area is 105 Å². The van der Waals surface area contributed by atoms with E-state index < -0.39 is 12.0 Å². The number of hydrogen-bond acceptors (Lipinski definition) is 3. The summed E-state index contributed by atoms with van der Waals surface area (Å²) in [6, 6.07) is 1.04. The zero-order valence-corrected chi connectivity index (χ0v) is 10.3. The summed E-state index contributed by atoms with van der Waals surface area (Å²) in [5.74, 6) is -1.16. The van der Waals surface area contributed by atoms with Crippen LogP contribution in [-0.2, 0) is 4.79 Å². The third-order valence-corrected chi connectivity index (χ3v) is 3.17. The first-order valence-electron chi connectivity index (χ1n) is 6.05. The molecule has 0 aromatic carbocycles. The van der Waals surface area contributed by atoms with E-state index in [-0.39, 0.29) is 5.91 Å². The van der Waals surface area contributed by atoms with Crippen LogP contribution in [0.25, 0.3) is 0 Å². The fraction of sp³-hybridized carbons (Fsp3) is 0.462. The van der Waals surface area contributed by atoms with Gasteiger partial charge in [-0.2, -0.15) is 0 Å². The number of carbonyl (C=O) groups excluding carboxylic acids is 1. The minimum Gasteiger partial charge on any atom is -0.480 e. The topological polar surface area (TPSA) is 70.5 Å². The first kappa shape index (κ1) is 12.5. The van der Waals surface area contributed by atoms with Gasteiger partial charge in [-0.3, -0.25) is 9.78 Å². The maximum Gasteiger partial charge on any atom is 0.326 e. The zero-order chi connectivity index (χ0) is 13.1. The summed E-state index contributed by atoms with van der Waals surface area (Å²) in [5, 5.41) is 9.15. The molecule has 1 aromatic heterocycles. The quantitative estimate of drug-likeness (QED) is 0.860. The summed E-state index contributed by atoms with van der Waals surface area (Å²) in [7, 11) is 0. The molecule has 0 bridgehead atoms. The molecule has 1 N–H and O–H groups in total. The van der Waals surface area contributed by atoms with E-state index in [2.05, 4.69) is 4.98 Å². The molecule has 1 aliphatic rings. The van der Waals surface area contributed by atoms with Gasteiger partial charge in [0.25, 0.3) is 5.91 Å². The highest BCUT2D eigenvalue weighted by atomic mass is 16.4. The van der Waals surface area contributed by atoms with Crippen LogP contribution in [0.15, 0.2) is 18.5 Å². The summed E-state index contributed by atoms with van der Waals surface area (Å²) in [6.07, 6.45) is 5.40. The van der Waals surface area contributed by atoms with Crippen LogP contribution in [0.4, 0.5) is 0 Å². The number of piperidine rings is 1. The average molecular weight is 248 g/mol. The second-order valence-corrected chi connectivity index (χ2v) is 4.60. The van der Waals surface area contributed by atoms with Gasteiger partial charge in [0, 0.05) is 18.9 Å². The number of hydrogen-bond donors (Lipinski definition) is 1. The van der Waals surface area contributed by atoms with Gasteiger partial charge >= 0.3 is 5.97 Å². The molecule has 96 valence electrons. The smallest absolute Gasteiger partial charge is 0.326 e. The summed E-state index contributed by atoms with van der Waals surface area (Å²) >= 11 is 0. The molecule has 0 radical (unpaired) electrons. The maximum absolute atomic E-state index is 12.3. The minimum absolute atomic E-state index is 0.238. The Morgan fingerprint density at radius 3 is 2.83 bits per heavy atom. The number of rotatable bonds is 2. The van der Waals surface area contributed by atoms with Crippen molar-refractivity contribution < 1.29 is 14.7 Å². The van der Waals surface area contributed by atoms with Crippen LogP contribution < -0.4 is 0 Å². The van der Waals surface area contributed by atoms with Crippen molar-refractivity contribution in [3.8, 4) is 0 Å². The summed E-state index contributed by atoms with van der Waals surface area (Å²) in [5.41, 5.74) is 1.35. The molecule has 2 heterocycles. The lowest BCUT2D eigenvalue weighted by atomic mass is 10.0. The summed E-state index contributed by atoms with van der Waals surface area (Å²) < 4.78 is 0. The molecule has 0 aliphatic carbocycles. The van der Waals surface area contributed by atoms with E-state index in [9.17, 15) is 9.59 Å². The van der Waals surface area contributed by atoms with Crippen molar-refractivity contribution in [3.63, 3.8) is 0 Å². The van der Waals surface area contributed by atoms with Crippen LogP contribution in [0, 0.1) is 6.92 Å². The van der Waals surface area contributed by atoms with Gasteiger partial charge < -0.3 is 10.0 Å². The Morgan fingerprint density at radius 2 is 2.17 bits per heavy atom. The Morgan fingerprint density at radius 1 is 1.39 bits per heavy atom. The molecule has 1 aromatic rings. The fourth-order valence-corrected chi connectivity index (χ4v) is 2.27. The molecule has 2 rings (SSSR count). The Balaban J connectivity index is 2.23. The van der Waals surface area contributed by atoms with Crippen LogP contribution in [-0.4, -0.2) is 39.5 Å². The molecule has 0 spiro atoms. The van der Waals surface area contributed by atoms with Crippen molar-refractivity contribution in [2.45, 2.75) is 32.2 Å². The number of aromatic nitrogens is 1. The van der Waals surface area contributed by atoms with E-state index in [1.54, 1.807) is 12.3 Å². The van der Waals surface area contributed by atoms with Crippen molar-refractivity contribution in [3.05, 3.63) is 29.6 Å². The van der Waals surface area contributed by atoms with Gasteiger partial charge in [0.2, 0.25) is 0 Å². The Bertz CT molecular complexity index is 473. The highest BCUT2D eigenvalue weighted by Crippen LogP contribution is 2.20. The average Bonchev–Trinajstić information content (AvgIpc) is 2.38. The highest BCUT2D eigenvalue weighted by molar-refractivity contribution is 5.96. The third-order valence-electron chi connectivity index (χ3n) is 3.17. The number of pyridine rings is 1. The molecule has 18 heavy (non-hydrogen) atoms. The van der Waals surface area contributed by atoms with Crippen molar-refractivity contribution in [2.75, 3.05) is 6.54 Å². The molecule has 5 nitrogen and oxygen atoms in total. The zero-order valence-electron chi connectivity index (χ0n) is 10.3. The van der Waals surface area contributed by atoms with Crippen LogP contribution in [0.3, 0.4) is 0 Å². The molecular formula is C13H16N2O3. The van der Waals surface area contributed by atoms with Crippen LogP contribution in [0.1, 0.15) is 35.2 Å². The fourth-order valence-electron chi connectivity index (χ4n) is 2.27. The first-order chi connectivity index (χ1) is 8.59. The number of carboxylic acids is 1. The second-order valence-electron chi connectivity index (χ2n) is 4.60. The predicted molar refractivity (Wildman–Crippen MR) is 65.3 cm³/mol. The van der Waals surface area contributed by atoms with E-state index in [1.807, 2.05) is 6.92 Å². The predicted octanol–water partition coefficient (Wildman–Crippen LogP) is 1.47. The number of aliphatic carboxylic acids is 1. The van der Waals surface area contributed by atoms with Gasteiger partial charge in [-0.1, -0.05) is 0 Å². The highest BCUT2D eigenvalue weighted by Gasteiger charge is 2.32. The van der Waals surface area contributed by atoms with E-state index >= 15 is 0 Å². The lowest BCUT2D eigenvalue weighted by molar-refractivity contribution is -0.143. The van der Waals surface area contributed by atoms with E-state index in [1.165, 1.54) is 11.1 Å². The molecular weight excluding hydrogens is 232 g/mol. The number of carbonyl (C=O) groups is 2. The van der Waals surface area contributed by atoms with Gasteiger partial charge in [0.05, 0.1) is 5.56 Å². The molecule has 1 fully saturated rings. The number of carboxylic acid groups (broad SMARTS) is 1. The van der Waals surface area contributed by atoms with Gasteiger partial charge in [-0.25, -0.2) is 4.79 Å². The largest absolute Gasteiger partial charge is 0.480 e. The molecule has 1 amide bonds. The molecule has 1 atom stereocenters. The second kappa shape index (κ2) is 5.16. The Hall–Kier alpha value is -1.91. The number of amides is 1. The van der Waals surface area contributed by atoms with Gasteiger partial charge in [0.15, 0.2) is 0 Å². The van der Waals surface area contributed by atoms with Crippen LogP contribution >= 0.6 is 0 Å². The number of nitrogens with zero attached hydrogens (tertiary/aromatic N) is 2. The monoisotopic (exact) mass is 248 g/mol. The van der Waals surface area contributed by atoms with Crippen molar-refractivity contribution in [2.24, 2.45) is 0 Å². The normalized spacial score (nSPS) is 19.6. The van der Waals surface area contributed by atoms with E-state index in [0.29, 0.717) is 18.5 Å². The number of aryl methyl sites for hydroxylation is 1. The molecule has 1 saturated heterocycles. The van der Waals surface area contributed by atoms with Crippen molar-refractivity contribution >= 4 is 11.9 Å². The molecule has 5 heteroatoms. The molecule has 0 unspecified atom stereocenters. The van der Waals surface area contributed by atoms with Gasteiger partial charge in [-0.05, 0) is 37.8 Å². The molecule has 1 aliphatic heterocycles.